The van der Waals surface area contributed by atoms with Crippen LogP contribution in [0.25, 0.3) is 0 Å². The number of carbonyl (C=O) groups excluding carboxylic acids is 1. The van der Waals surface area contributed by atoms with E-state index in [1.165, 1.54) is 0 Å². The van der Waals surface area contributed by atoms with Gasteiger partial charge < -0.3 is 4.79 Å². The summed E-state index contributed by atoms with van der Waals surface area (Å²) in [6.45, 7) is 0. The monoisotopic (exact) mass is 162 g/mol. The molecule has 0 radical (unpaired) electrons. The molecule has 0 atom stereocenters. The number of carbonyl (C=O) groups is 1. The summed E-state index contributed by atoms with van der Waals surface area (Å²) in [6.07, 6.45) is 2.08. The second-order valence-electron chi connectivity index (χ2n) is 2.69. The highest BCUT2D eigenvalue weighted by molar-refractivity contribution is 7.92. The third-order valence-electron chi connectivity index (χ3n) is 1.67. The molecule has 1 heterocycles. The SMILES string of the molecule is O=CCCC1CS(=O)(=O)C1. The first-order valence-electron chi connectivity index (χ1n) is 3.28. The smallest absolute Gasteiger partial charge is 0.150 e. The van der Waals surface area contributed by atoms with E-state index in [1.807, 2.05) is 0 Å². The second-order valence-corrected chi connectivity index (χ2v) is 4.84. The van der Waals surface area contributed by atoms with Gasteiger partial charge in [-0.05, 0) is 12.3 Å². The molecular weight excluding hydrogens is 152 g/mol. The van der Waals surface area contributed by atoms with Crippen molar-refractivity contribution < 1.29 is 13.2 Å². The van der Waals surface area contributed by atoms with Gasteiger partial charge in [0.25, 0.3) is 0 Å². The highest BCUT2D eigenvalue weighted by atomic mass is 32.2. The van der Waals surface area contributed by atoms with Gasteiger partial charge in [-0.15, -0.1) is 0 Å². The van der Waals surface area contributed by atoms with E-state index < -0.39 is 9.84 Å². The molecule has 1 aliphatic heterocycles. The Morgan fingerprint density at radius 1 is 1.40 bits per heavy atom. The first-order valence-corrected chi connectivity index (χ1v) is 5.10. The van der Waals surface area contributed by atoms with Crippen LogP contribution in [-0.4, -0.2) is 26.2 Å². The van der Waals surface area contributed by atoms with Crippen LogP contribution < -0.4 is 0 Å². The quantitative estimate of drug-likeness (QED) is 0.549. The summed E-state index contributed by atoms with van der Waals surface area (Å²) in [7, 11) is -2.68. The molecule has 58 valence electrons. The van der Waals surface area contributed by atoms with Crippen molar-refractivity contribution in [2.24, 2.45) is 5.92 Å². The van der Waals surface area contributed by atoms with E-state index >= 15 is 0 Å². The molecule has 0 saturated carbocycles. The van der Waals surface area contributed by atoms with Gasteiger partial charge in [-0.1, -0.05) is 0 Å². The van der Waals surface area contributed by atoms with Gasteiger partial charge in [-0.25, -0.2) is 8.42 Å². The zero-order valence-corrected chi connectivity index (χ0v) is 6.43. The number of aldehydes is 1. The van der Waals surface area contributed by atoms with Gasteiger partial charge >= 0.3 is 0 Å². The second kappa shape index (κ2) is 2.70. The lowest BCUT2D eigenvalue weighted by Crippen LogP contribution is -2.36. The Labute approximate surface area is 60.3 Å². The van der Waals surface area contributed by atoms with E-state index in [9.17, 15) is 13.2 Å². The van der Waals surface area contributed by atoms with Crippen LogP contribution >= 0.6 is 0 Å². The van der Waals surface area contributed by atoms with Gasteiger partial charge in [0.2, 0.25) is 0 Å². The van der Waals surface area contributed by atoms with Gasteiger partial charge in [-0.2, -0.15) is 0 Å². The summed E-state index contributed by atoms with van der Waals surface area (Å²) in [5.74, 6) is 0.844. The largest absolute Gasteiger partial charge is 0.303 e. The molecule has 0 unspecified atom stereocenters. The molecule has 3 nitrogen and oxygen atoms in total. The summed E-state index contributed by atoms with van der Waals surface area (Å²) in [5.41, 5.74) is 0. The molecule has 4 heteroatoms. The maximum atomic E-state index is 10.6. The van der Waals surface area contributed by atoms with E-state index in [-0.39, 0.29) is 5.92 Å². The fourth-order valence-electron chi connectivity index (χ4n) is 1.14. The molecule has 0 aromatic heterocycles. The fourth-order valence-corrected chi connectivity index (χ4v) is 2.81. The third-order valence-corrected chi connectivity index (χ3v) is 3.63. The number of hydrogen-bond donors (Lipinski definition) is 0. The normalized spacial score (nSPS) is 23.6. The van der Waals surface area contributed by atoms with Crippen molar-refractivity contribution in [2.75, 3.05) is 11.5 Å². The lowest BCUT2D eigenvalue weighted by atomic mass is 10.1. The topological polar surface area (TPSA) is 51.2 Å². The van der Waals surface area contributed by atoms with E-state index in [4.69, 9.17) is 0 Å². The molecule has 0 N–H and O–H groups in total. The Hall–Kier alpha value is -0.380. The minimum atomic E-state index is -2.68. The van der Waals surface area contributed by atoms with E-state index in [0.717, 1.165) is 12.7 Å². The average Bonchev–Trinajstić information content (AvgIpc) is 1.78. The Balaban J connectivity index is 2.21. The Kier molecular flexibility index (Phi) is 2.08. The summed E-state index contributed by atoms with van der Waals surface area (Å²) < 4.78 is 21.1. The van der Waals surface area contributed by atoms with Crippen LogP contribution in [0.3, 0.4) is 0 Å². The molecule has 0 aromatic rings. The number of rotatable bonds is 3. The first kappa shape index (κ1) is 7.72. The standard InChI is InChI=1S/C6H10O3S/c7-3-1-2-6-4-10(8,9)5-6/h3,6H,1-2,4-5H2. The highest BCUT2D eigenvalue weighted by Crippen LogP contribution is 2.21. The fraction of sp³-hybridized carbons (Fsp3) is 0.833. The lowest BCUT2D eigenvalue weighted by molar-refractivity contribution is -0.108. The van der Waals surface area contributed by atoms with E-state index in [0.29, 0.717) is 17.9 Å². The van der Waals surface area contributed by atoms with Crippen LogP contribution in [0.1, 0.15) is 12.8 Å². The van der Waals surface area contributed by atoms with Crippen molar-refractivity contribution in [3.8, 4) is 0 Å². The Morgan fingerprint density at radius 2 is 2.00 bits per heavy atom. The van der Waals surface area contributed by atoms with Crippen LogP contribution in [0.4, 0.5) is 0 Å². The van der Waals surface area contributed by atoms with Gasteiger partial charge in [0, 0.05) is 6.42 Å². The molecular formula is C6H10O3S. The number of hydrogen-bond acceptors (Lipinski definition) is 3. The zero-order chi connectivity index (χ0) is 7.61. The Morgan fingerprint density at radius 3 is 2.40 bits per heavy atom. The van der Waals surface area contributed by atoms with Gasteiger partial charge in [0.1, 0.15) is 6.29 Å². The summed E-state index contributed by atoms with van der Waals surface area (Å²) in [4.78, 5) is 9.86. The van der Waals surface area contributed by atoms with Crippen molar-refractivity contribution in [3.63, 3.8) is 0 Å². The molecule has 1 fully saturated rings. The van der Waals surface area contributed by atoms with Gasteiger partial charge in [0.15, 0.2) is 9.84 Å². The van der Waals surface area contributed by atoms with E-state index in [2.05, 4.69) is 0 Å². The molecule has 10 heavy (non-hydrogen) atoms. The van der Waals surface area contributed by atoms with Crippen LogP contribution in [0.5, 0.6) is 0 Å². The summed E-state index contributed by atoms with van der Waals surface area (Å²) in [6, 6.07) is 0. The van der Waals surface area contributed by atoms with Gasteiger partial charge in [0.05, 0.1) is 11.5 Å². The van der Waals surface area contributed by atoms with Crippen LogP contribution in [0, 0.1) is 5.92 Å². The minimum Gasteiger partial charge on any atom is -0.303 e. The van der Waals surface area contributed by atoms with E-state index in [1.54, 1.807) is 0 Å². The van der Waals surface area contributed by atoms with Gasteiger partial charge in [-0.3, -0.25) is 0 Å². The predicted octanol–water partition coefficient (Wildman–Crippen LogP) is 0.0101. The van der Waals surface area contributed by atoms with Crippen molar-refractivity contribution in [3.05, 3.63) is 0 Å². The Bertz CT molecular complexity index is 205. The third kappa shape index (κ3) is 1.80. The molecule has 1 saturated heterocycles. The van der Waals surface area contributed by atoms with Crippen molar-refractivity contribution in [1.82, 2.24) is 0 Å². The minimum absolute atomic E-state index is 0.259. The zero-order valence-electron chi connectivity index (χ0n) is 5.62. The van der Waals surface area contributed by atoms with Crippen LogP contribution in [-0.2, 0) is 14.6 Å². The molecule has 0 amide bonds. The highest BCUT2D eigenvalue weighted by Gasteiger charge is 2.32. The summed E-state index contributed by atoms with van der Waals surface area (Å²) >= 11 is 0. The molecule has 1 aliphatic rings. The van der Waals surface area contributed by atoms with Crippen molar-refractivity contribution in [2.45, 2.75) is 12.8 Å². The maximum absolute atomic E-state index is 10.6. The van der Waals surface area contributed by atoms with Crippen molar-refractivity contribution in [1.29, 1.82) is 0 Å². The molecule has 0 aromatic carbocycles. The van der Waals surface area contributed by atoms with Crippen molar-refractivity contribution >= 4 is 16.1 Å². The average molecular weight is 162 g/mol. The molecule has 0 aliphatic carbocycles. The molecule has 0 bridgehead atoms. The summed E-state index contributed by atoms with van der Waals surface area (Å²) in [5, 5.41) is 0. The van der Waals surface area contributed by atoms with Crippen LogP contribution in [0.15, 0.2) is 0 Å². The first-order chi connectivity index (χ1) is 4.64. The lowest BCUT2D eigenvalue weighted by Gasteiger charge is -2.24. The number of sulfone groups is 1. The molecule has 0 spiro atoms. The maximum Gasteiger partial charge on any atom is 0.150 e. The molecule has 1 rings (SSSR count). The predicted molar refractivity (Wildman–Crippen MR) is 37.4 cm³/mol. The van der Waals surface area contributed by atoms with Crippen LogP contribution in [0.2, 0.25) is 0 Å².